The fourth-order valence-corrected chi connectivity index (χ4v) is 5.05. The van der Waals surface area contributed by atoms with E-state index in [1.165, 1.54) is 16.4 Å². The first kappa shape index (κ1) is 19.5. The lowest BCUT2D eigenvalue weighted by Gasteiger charge is -2.29. The zero-order chi connectivity index (χ0) is 17.1. The number of nitriles is 1. The van der Waals surface area contributed by atoms with Crippen molar-refractivity contribution in [3.63, 3.8) is 0 Å². The zero-order valence-corrected chi connectivity index (χ0v) is 15.6. The number of nitrogens with zero attached hydrogens (tertiary/aromatic N) is 2. The van der Waals surface area contributed by atoms with Crippen LogP contribution in [0.15, 0.2) is 17.0 Å². The molecule has 0 heterocycles. The van der Waals surface area contributed by atoms with Gasteiger partial charge in [0.25, 0.3) is 0 Å². The highest BCUT2D eigenvalue weighted by atomic mass is 35.5. The summed E-state index contributed by atoms with van der Waals surface area (Å²) in [7, 11) is -3.92. The number of hydrogen-bond acceptors (Lipinski definition) is 3. The van der Waals surface area contributed by atoms with Crippen LogP contribution in [0.25, 0.3) is 0 Å². The molecular formula is C14H17Cl3N2O2S. The summed E-state index contributed by atoms with van der Waals surface area (Å²) in [6.45, 7) is 6.05. The minimum atomic E-state index is -3.92. The van der Waals surface area contributed by atoms with E-state index in [0.717, 1.165) is 0 Å². The first-order chi connectivity index (χ1) is 9.99. The van der Waals surface area contributed by atoms with E-state index in [1.54, 1.807) is 0 Å². The molecule has 0 saturated carbocycles. The van der Waals surface area contributed by atoms with Gasteiger partial charge in [-0.2, -0.15) is 9.57 Å². The number of halogens is 3. The Balaban J connectivity index is 3.37. The van der Waals surface area contributed by atoms with Gasteiger partial charge in [0.2, 0.25) is 10.0 Å². The van der Waals surface area contributed by atoms with Crippen molar-refractivity contribution in [3.8, 4) is 6.07 Å². The normalized spacial score (nSPS) is 12.5. The Morgan fingerprint density at radius 2 is 1.68 bits per heavy atom. The highest BCUT2D eigenvalue weighted by molar-refractivity contribution is 7.89. The summed E-state index contributed by atoms with van der Waals surface area (Å²) < 4.78 is 27.0. The molecule has 0 N–H and O–H groups in total. The highest BCUT2D eigenvalue weighted by Crippen LogP contribution is 2.35. The second kappa shape index (κ2) is 7.37. The third-order valence-corrected chi connectivity index (χ3v) is 5.67. The second-order valence-corrected chi connectivity index (χ2v) is 9.13. The first-order valence-electron chi connectivity index (χ1n) is 6.50. The summed E-state index contributed by atoms with van der Waals surface area (Å²) in [6, 6.07) is 4.62. The molecule has 0 radical (unpaired) electrons. The maximum absolute atomic E-state index is 12.9. The van der Waals surface area contributed by atoms with Crippen molar-refractivity contribution in [2.45, 2.75) is 32.1 Å². The molecule has 0 saturated heterocycles. The Morgan fingerprint density at radius 1 is 1.18 bits per heavy atom. The van der Waals surface area contributed by atoms with Crippen LogP contribution in [0.5, 0.6) is 0 Å². The molecule has 0 bridgehead atoms. The molecule has 8 heteroatoms. The number of benzene rings is 1. The fraction of sp³-hybridized carbons (Fsp3) is 0.500. The summed E-state index contributed by atoms with van der Waals surface area (Å²) in [5.41, 5.74) is -0.284. The average molecular weight is 384 g/mol. The van der Waals surface area contributed by atoms with Crippen LogP contribution in [-0.2, 0) is 10.0 Å². The maximum Gasteiger partial charge on any atom is 0.246 e. The van der Waals surface area contributed by atoms with E-state index in [2.05, 4.69) is 0 Å². The Morgan fingerprint density at radius 3 is 2.09 bits per heavy atom. The third-order valence-electron chi connectivity index (χ3n) is 2.68. The molecule has 22 heavy (non-hydrogen) atoms. The molecular weight excluding hydrogens is 367 g/mol. The average Bonchev–Trinajstić information content (AvgIpc) is 2.31. The number of rotatable bonds is 5. The van der Waals surface area contributed by atoms with Crippen molar-refractivity contribution in [3.05, 3.63) is 27.2 Å². The van der Waals surface area contributed by atoms with E-state index in [9.17, 15) is 8.42 Å². The van der Waals surface area contributed by atoms with Crippen molar-refractivity contribution in [1.29, 1.82) is 5.26 Å². The molecule has 0 aliphatic carbocycles. The molecule has 1 aromatic carbocycles. The smallest absolute Gasteiger partial charge is 0.207 e. The third kappa shape index (κ3) is 5.00. The van der Waals surface area contributed by atoms with Crippen molar-refractivity contribution in [1.82, 2.24) is 4.31 Å². The molecule has 0 fully saturated rings. The van der Waals surface area contributed by atoms with Gasteiger partial charge in [-0.25, -0.2) is 8.42 Å². The van der Waals surface area contributed by atoms with E-state index in [0.29, 0.717) is 0 Å². The van der Waals surface area contributed by atoms with E-state index in [4.69, 9.17) is 40.1 Å². The minimum absolute atomic E-state index is 0.0339. The zero-order valence-electron chi connectivity index (χ0n) is 12.5. The van der Waals surface area contributed by atoms with Crippen LogP contribution in [0.3, 0.4) is 0 Å². The molecule has 4 nitrogen and oxygen atoms in total. The summed E-state index contributed by atoms with van der Waals surface area (Å²) in [4.78, 5) is -0.178. The van der Waals surface area contributed by atoms with Gasteiger partial charge in [-0.15, -0.1) is 0 Å². The van der Waals surface area contributed by atoms with Crippen LogP contribution in [0.4, 0.5) is 0 Å². The summed E-state index contributed by atoms with van der Waals surface area (Å²) in [6.07, 6.45) is 0.0815. The van der Waals surface area contributed by atoms with E-state index < -0.39 is 10.0 Å². The van der Waals surface area contributed by atoms with Crippen molar-refractivity contribution >= 4 is 44.8 Å². The van der Waals surface area contributed by atoms with Gasteiger partial charge in [0, 0.05) is 24.5 Å². The van der Waals surface area contributed by atoms with E-state index in [-0.39, 0.29) is 44.9 Å². The fourth-order valence-electron chi connectivity index (χ4n) is 1.89. The lowest BCUT2D eigenvalue weighted by Crippen LogP contribution is -2.38. The number of sulfonamides is 1. The van der Waals surface area contributed by atoms with Crippen molar-refractivity contribution in [2.75, 3.05) is 13.1 Å². The van der Waals surface area contributed by atoms with Crippen LogP contribution in [0.1, 0.15) is 27.2 Å². The molecule has 0 aliphatic rings. The molecule has 1 rings (SSSR count). The van der Waals surface area contributed by atoms with Crippen molar-refractivity contribution in [2.24, 2.45) is 5.41 Å². The molecule has 0 aromatic heterocycles. The van der Waals surface area contributed by atoms with Crippen LogP contribution in [-0.4, -0.2) is 25.8 Å². The monoisotopic (exact) mass is 382 g/mol. The molecule has 0 aliphatic heterocycles. The molecule has 122 valence electrons. The topological polar surface area (TPSA) is 61.2 Å². The summed E-state index contributed by atoms with van der Waals surface area (Å²) >= 11 is 17.9. The lowest BCUT2D eigenvalue weighted by atomic mass is 9.97. The molecule has 1 aromatic rings. The van der Waals surface area contributed by atoms with Gasteiger partial charge in [0.1, 0.15) is 4.90 Å². The van der Waals surface area contributed by atoms with Crippen LogP contribution < -0.4 is 0 Å². The summed E-state index contributed by atoms with van der Waals surface area (Å²) in [5.74, 6) is 0. The van der Waals surface area contributed by atoms with Crippen LogP contribution in [0.2, 0.25) is 15.1 Å². The largest absolute Gasteiger partial charge is 0.246 e. The second-order valence-electron chi connectivity index (χ2n) is 6.01. The Kier molecular flexibility index (Phi) is 6.55. The van der Waals surface area contributed by atoms with Crippen LogP contribution >= 0.6 is 34.8 Å². The van der Waals surface area contributed by atoms with Gasteiger partial charge in [0.05, 0.1) is 16.1 Å². The van der Waals surface area contributed by atoms with Crippen LogP contribution in [0, 0.1) is 16.7 Å². The van der Waals surface area contributed by atoms with Gasteiger partial charge in [-0.05, 0) is 17.5 Å². The van der Waals surface area contributed by atoms with Gasteiger partial charge in [-0.3, -0.25) is 0 Å². The molecule has 0 unspecified atom stereocenters. The minimum Gasteiger partial charge on any atom is -0.207 e. The molecule has 0 atom stereocenters. The Hall–Kier alpha value is -0.510. The standard InChI is InChI=1S/C14H17Cl3N2O2S/c1-14(2,3)9-19(6-4-5-18)22(20,21)13-11(16)7-10(15)8-12(13)17/h7-8H,4,6,9H2,1-3H3. The van der Waals surface area contributed by atoms with Gasteiger partial charge >= 0.3 is 0 Å². The van der Waals surface area contributed by atoms with Gasteiger partial charge < -0.3 is 0 Å². The predicted octanol–water partition coefficient (Wildman–Crippen LogP) is 4.60. The van der Waals surface area contributed by atoms with E-state index >= 15 is 0 Å². The first-order valence-corrected chi connectivity index (χ1v) is 9.08. The Bertz CT molecular complexity index is 668. The molecule has 0 amide bonds. The SMILES string of the molecule is CC(C)(C)CN(CCC#N)S(=O)(=O)c1c(Cl)cc(Cl)cc1Cl. The van der Waals surface area contributed by atoms with Gasteiger partial charge in [0.15, 0.2) is 0 Å². The Labute approximate surface area is 146 Å². The molecule has 0 spiro atoms. The predicted molar refractivity (Wildman–Crippen MR) is 89.9 cm³/mol. The van der Waals surface area contributed by atoms with Crippen molar-refractivity contribution < 1.29 is 8.42 Å². The maximum atomic E-state index is 12.9. The summed E-state index contributed by atoms with van der Waals surface area (Å²) in [5, 5.41) is 8.94. The highest BCUT2D eigenvalue weighted by Gasteiger charge is 2.32. The van der Waals surface area contributed by atoms with E-state index in [1.807, 2.05) is 26.8 Å². The number of hydrogen-bond donors (Lipinski definition) is 0. The van der Waals surface area contributed by atoms with Gasteiger partial charge in [-0.1, -0.05) is 55.6 Å². The lowest BCUT2D eigenvalue weighted by molar-refractivity contribution is 0.285. The quantitative estimate of drug-likeness (QED) is 0.746.